The number of rotatable bonds is 4. The van der Waals surface area contributed by atoms with Gasteiger partial charge in [0, 0.05) is 30.3 Å². The molecule has 4 rings (SSSR count). The van der Waals surface area contributed by atoms with E-state index in [0.29, 0.717) is 24.6 Å². The maximum atomic E-state index is 11.9. The van der Waals surface area contributed by atoms with E-state index in [1.807, 2.05) is 50.2 Å². The minimum atomic E-state index is 0.0430. The molecule has 0 fully saturated rings. The highest BCUT2D eigenvalue weighted by Gasteiger charge is 2.24. The Kier molecular flexibility index (Phi) is 4.12. The number of carbonyl (C=O) groups excluding carboxylic acids is 1. The number of aryl methyl sites for hydroxylation is 2. The minimum Gasteiger partial charge on any atom is -0.368 e. The second kappa shape index (κ2) is 6.59. The van der Waals surface area contributed by atoms with Crippen LogP contribution in [0.4, 0.5) is 11.5 Å². The third-order valence-corrected chi connectivity index (χ3v) is 4.51. The summed E-state index contributed by atoms with van der Waals surface area (Å²) in [6.07, 6.45) is 0.460. The van der Waals surface area contributed by atoms with E-state index in [-0.39, 0.29) is 11.8 Å². The van der Waals surface area contributed by atoms with Crippen molar-refractivity contribution < 1.29 is 4.79 Å². The molecule has 7 heteroatoms. The van der Waals surface area contributed by atoms with Crippen LogP contribution in [0.15, 0.2) is 42.5 Å². The first-order valence-corrected chi connectivity index (χ1v) is 8.60. The highest BCUT2D eigenvalue weighted by atomic mass is 16.1. The van der Waals surface area contributed by atoms with Crippen molar-refractivity contribution in [3.05, 3.63) is 59.4 Å². The summed E-state index contributed by atoms with van der Waals surface area (Å²) in [4.78, 5) is 11.9. The van der Waals surface area contributed by atoms with Gasteiger partial charge in [-0.1, -0.05) is 18.2 Å². The van der Waals surface area contributed by atoms with Gasteiger partial charge in [-0.15, -0.1) is 10.2 Å². The van der Waals surface area contributed by atoms with Crippen molar-refractivity contribution in [3.8, 4) is 5.82 Å². The zero-order valence-electron chi connectivity index (χ0n) is 14.7. The van der Waals surface area contributed by atoms with Crippen LogP contribution in [0.3, 0.4) is 0 Å². The van der Waals surface area contributed by atoms with Crippen molar-refractivity contribution in [3.63, 3.8) is 0 Å². The fourth-order valence-corrected chi connectivity index (χ4v) is 3.31. The maximum Gasteiger partial charge on any atom is 0.225 e. The number of hydrogen-bond acceptors (Lipinski definition) is 5. The Morgan fingerprint density at radius 2 is 2.04 bits per heavy atom. The van der Waals surface area contributed by atoms with Crippen LogP contribution in [0.25, 0.3) is 5.82 Å². The van der Waals surface area contributed by atoms with E-state index in [1.54, 1.807) is 4.68 Å². The molecule has 132 valence electrons. The van der Waals surface area contributed by atoms with Crippen molar-refractivity contribution in [2.75, 3.05) is 17.2 Å². The van der Waals surface area contributed by atoms with Gasteiger partial charge in [-0.25, -0.2) is 4.68 Å². The molecule has 1 aliphatic rings. The van der Waals surface area contributed by atoms with Crippen LogP contribution in [0.1, 0.15) is 29.3 Å². The average Bonchev–Trinajstić information content (AvgIpc) is 2.98. The highest BCUT2D eigenvalue weighted by Crippen LogP contribution is 2.31. The summed E-state index contributed by atoms with van der Waals surface area (Å²) in [6, 6.07) is 13.7. The third kappa shape index (κ3) is 3.15. The Balaban J connectivity index is 1.47. The van der Waals surface area contributed by atoms with Crippen LogP contribution in [-0.4, -0.2) is 32.4 Å². The van der Waals surface area contributed by atoms with Crippen molar-refractivity contribution in [2.45, 2.75) is 26.2 Å². The number of nitrogens with zero attached hydrogens (tertiary/aromatic N) is 4. The van der Waals surface area contributed by atoms with Crippen molar-refractivity contribution in [1.29, 1.82) is 0 Å². The van der Waals surface area contributed by atoms with Gasteiger partial charge in [0.05, 0.1) is 5.69 Å². The zero-order chi connectivity index (χ0) is 18.1. The van der Waals surface area contributed by atoms with Crippen LogP contribution in [0.5, 0.6) is 0 Å². The number of hydrogen-bond donors (Lipinski definition) is 2. The third-order valence-electron chi connectivity index (χ3n) is 4.51. The molecule has 0 aliphatic carbocycles. The van der Waals surface area contributed by atoms with Gasteiger partial charge in [-0.3, -0.25) is 4.79 Å². The second-order valence-corrected chi connectivity index (χ2v) is 6.53. The largest absolute Gasteiger partial charge is 0.368 e. The quantitative estimate of drug-likeness (QED) is 0.757. The van der Waals surface area contributed by atoms with Crippen LogP contribution >= 0.6 is 0 Å². The monoisotopic (exact) mass is 348 g/mol. The summed E-state index contributed by atoms with van der Waals surface area (Å²) >= 11 is 0. The van der Waals surface area contributed by atoms with E-state index in [9.17, 15) is 4.79 Å². The molecule has 1 amide bonds. The molecule has 3 aromatic rings. The molecule has 1 unspecified atom stereocenters. The van der Waals surface area contributed by atoms with E-state index < -0.39 is 0 Å². The van der Waals surface area contributed by atoms with Gasteiger partial charge < -0.3 is 10.6 Å². The summed E-state index contributed by atoms with van der Waals surface area (Å²) < 4.78 is 1.77. The number of benzene rings is 1. The Morgan fingerprint density at radius 3 is 2.77 bits per heavy atom. The molecule has 7 nitrogen and oxygen atoms in total. The Hall–Kier alpha value is -3.22. The van der Waals surface area contributed by atoms with Crippen LogP contribution < -0.4 is 10.6 Å². The van der Waals surface area contributed by atoms with Crippen molar-refractivity contribution >= 4 is 17.4 Å². The lowest BCUT2D eigenvalue weighted by Gasteiger charge is -2.25. The highest BCUT2D eigenvalue weighted by molar-refractivity contribution is 5.94. The Bertz CT molecular complexity index is 947. The van der Waals surface area contributed by atoms with Crippen molar-refractivity contribution in [2.24, 2.45) is 0 Å². The van der Waals surface area contributed by atoms with E-state index >= 15 is 0 Å². The molecule has 0 radical (unpaired) electrons. The normalized spacial score (nSPS) is 16.1. The summed E-state index contributed by atoms with van der Waals surface area (Å²) in [6.45, 7) is 4.56. The number of para-hydroxylation sites is 1. The minimum absolute atomic E-state index is 0.0430. The topological polar surface area (TPSA) is 84.7 Å². The smallest absolute Gasteiger partial charge is 0.225 e. The molecule has 26 heavy (non-hydrogen) atoms. The molecule has 2 N–H and O–H groups in total. The number of fused-ring (bicyclic) bond motifs is 1. The molecule has 0 bridgehead atoms. The van der Waals surface area contributed by atoms with E-state index in [1.165, 1.54) is 0 Å². The fraction of sp³-hybridized carbons (Fsp3) is 0.263. The molecule has 0 spiro atoms. The number of carbonyl (C=O) groups is 1. The predicted octanol–water partition coefficient (Wildman–Crippen LogP) is 2.82. The van der Waals surface area contributed by atoms with E-state index in [4.69, 9.17) is 0 Å². The molecule has 0 saturated heterocycles. The lowest BCUT2D eigenvalue weighted by Crippen LogP contribution is -2.27. The molecular weight excluding hydrogens is 328 g/mol. The zero-order valence-corrected chi connectivity index (χ0v) is 14.7. The number of anilines is 2. The summed E-state index contributed by atoms with van der Waals surface area (Å²) in [5.74, 6) is 1.51. The lowest BCUT2D eigenvalue weighted by molar-refractivity contribution is -0.116. The number of nitrogens with one attached hydrogen (secondary N) is 2. The Labute approximate surface area is 151 Å². The summed E-state index contributed by atoms with van der Waals surface area (Å²) in [5.41, 5.74) is 4.00. The summed E-state index contributed by atoms with van der Waals surface area (Å²) in [7, 11) is 0. The molecule has 2 aromatic heterocycles. The summed E-state index contributed by atoms with van der Waals surface area (Å²) in [5, 5.41) is 19.1. The standard InChI is InChI=1S/C19H20N6O/c1-12-9-13(2)25(24-12)18-8-7-17(22-23-18)20-11-14-10-19(26)21-16-6-4-3-5-15(14)16/h3-9,14H,10-11H2,1-2H3,(H,20,22)(H,21,26). The van der Waals surface area contributed by atoms with Gasteiger partial charge in [0.1, 0.15) is 5.82 Å². The maximum absolute atomic E-state index is 11.9. The van der Waals surface area contributed by atoms with Gasteiger partial charge >= 0.3 is 0 Å². The SMILES string of the molecule is Cc1cc(C)n(-c2ccc(NCC3CC(=O)Nc4ccccc43)nn2)n1. The number of amides is 1. The van der Waals surface area contributed by atoms with Gasteiger partial charge in [0.15, 0.2) is 5.82 Å². The molecule has 1 aromatic carbocycles. The fourth-order valence-electron chi connectivity index (χ4n) is 3.31. The molecule has 3 heterocycles. The van der Waals surface area contributed by atoms with Gasteiger partial charge in [-0.2, -0.15) is 5.10 Å². The Morgan fingerprint density at radius 1 is 1.19 bits per heavy atom. The van der Waals surface area contributed by atoms with Crippen LogP contribution in [0, 0.1) is 13.8 Å². The predicted molar refractivity (Wildman–Crippen MR) is 99.5 cm³/mol. The van der Waals surface area contributed by atoms with Crippen LogP contribution in [0.2, 0.25) is 0 Å². The number of aromatic nitrogens is 4. The molecule has 0 saturated carbocycles. The first kappa shape index (κ1) is 16.3. The first-order valence-electron chi connectivity index (χ1n) is 8.60. The van der Waals surface area contributed by atoms with Gasteiger partial charge in [0.25, 0.3) is 0 Å². The van der Waals surface area contributed by atoms with E-state index in [0.717, 1.165) is 22.6 Å². The van der Waals surface area contributed by atoms with Crippen molar-refractivity contribution in [1.82, 2.24) is 20.0 Å². The van der Waals surface area contributed by atoms with Gasteiger partial charge in [-0.05, 0) is 43.7 Å². The molecule has 1 aliphatic heterocycles. The van der Waals surface area contributed by atoms with E-state index in [2.05, 4.69) is 32.0 Å². The first-order chi connectivity index (χ1) is 12.6. The molecule has 1 atom stereocenters. The second-order valence-electron chi connectivity index (χ2n) is 6.53. The molecular formula is C19H20N6O. The van der Waals surface area contributed by atoms with Crippen LogP contribution in [-0.2, 0) is 4.79 Å². The lowest BCUT2D eigenvalue weighted by atomic mass is 9.90. The average molecular weight is 348 g/mol. The van der Waals surface area contributed by atoms with Gasteiger partial charge in [0.2, 0.25) is 5.91 Å².